The molecule has 0 unspecified atom stereocenters. The molecule has 1 aliphatic rings. The summed E-state index contributed by atoms with van der Waals surface area (Å²) in [5, 5.41) is 10.8. The van der Waals surface area contributed by atoms with Crippen molar-refractivity contribution in [1.29, 1.82) is 0 Å². The van der Waals surface area contributed by atoms with Gasteiger partial charge in [-0.1, -0.05) is 12.1 Å². The van der Waals surface area contributed by atoms with E-state index >= 15 is 0 Å². The minimum atomic E-state index is -3.70. The van der Waals surface area contributed by atoms with Crippen LogP contribution in [0.15, 0.2) is 29.2 Å². The van der Waals surface area contributed by atoms with Crippen LogP contribution in [-0.4, -0.2) is 37.6 Å². The van der Waals surface area contributed by atoms with Crippen molar-refractivity contribution in [1.82, 2.24) is 4.31 Å². The summed E-state index contributed by atoms with van der Waals surface area (Å²) >= 11 is 0. The van der Waals surface area contributed by atoms with Gasteiger partial charge in [0.05, 0.1) is 4.90 Å². The Morgan fingerprint density at radius 1 is 1.24 bits per heavy atom. The monoisotopic (exact) mass is 310 g/mol. The zero-order valence-corrected chi connectivity index (χ0v) is 12.4. The molecule has 0 aliphatic carbocycles. The van der Waals surface area contributed by atoms with Crippen LogP contribution in [-0.2, 0) is 14.8 Å². The Hall–Kier alpha value is -1.73. The highest BCUT2D eigenvalue weighted by atomic mass is 32.2. The van der Waals surface area contributed by atoms with E-state index in [9.17, 15) is 23.1 Å². The van der Waals surface area contributed by atoms with Crippen molar-refractivity contribution in [3.8, 4) is 0 Å². The molecule has 1 heterocycles. The number of aliphatic carboxylic acids is 1. The largest absolute Gasteiger partial charge is 0.550 e. The van der Waals surface area contributed by atoms with Gasteiger partial charge in [-0.05, 0) is 31.9 Å². The number of ketones is 1. The minimum absolute atomic E-state index is 0.0575. The van der Waals surface area contributed by atoms with E-state index in [1.54, 1.807) is 6.07 Å². The van der Waals surface area contributed by atoms with Gasteiger partial charge in [0.1, 0.15) is 0 Å². The van der Waals surface area contributed by atoms with Crippen LogP contribution >= 0.6 is 0 Å². The molecule has 0 atom stereocenters. The van der Waals surface area contributed by atoms with E-state index in [0.29, 0.717) is 5.56 Å². The SMILES string of the molecule is CC(=O)c1cccc(S(=O)(=O)N2CCC(C(=O)[O-])CC2)c1. The van der Waals surface area contributed by atoms with Crippen LogP contribution in [0.1, 0.15) is 30.1 Å². The van der Waals surface area contributed by atoms with Crippen LogP contribution in [0.4, 0.5) is 0 Å². The number of rotatable bonds is 4. The maximum atomic E-state index is 12.5. The van der Waals surface area contributed by atoms with E-state index in [2.05, 4.69) is 0 Å². The number of nitrogens with zero attached hydrogens (tertiary/aromatic N) is 1. The van der Waals surface area contributed by atoms with Gasteiger partial charge in [0, 0.05) is 30.5 Å². The van der Waals surface area contributed by atoms with Gasteiger partial charge in [-0.15, -0.1) is 0 Å². The lowest BCUT2D eigenvalue weighted by Gasteiger charge is -2.31. The lowest BCUT2D eigenvalue weighted by molar-refractivity contribution is -0.312. The average Bonchev–Trinajstić information content (AvgIpc) is 2.47. The second kappa shape index (κ2) is 5.95. The molecule has 21 heavy (non-hydrogen) atoms. The van der Waals surface area contributed by atoms with E-state index in [1.807, 2.05) is 0 Å². The highest BCUT2D eigenvalue weighted by molar-refractivity contribution is 7.89. The standard InChI is InChI=1S/C14H17NO5S/c1-10(16)12-3-2-4-13(9-12)21(19,20)15-7-5-11(6-8-15)14(17)18/h2-4,9,11H,5-8H2,1H3,(H,17,18)/p-1. The zero-order valence-electron chi connectivity index (χ0n) is 11.6. The number of Topliss-reactive ketones (excluding diaryl/α,β-unsaturated/α-hetero) is 1. The average molecular weight is 310 g/mol. The quantitative estimate of drug-likeness (QED) is 0.732. The fourth-order valence-electron chi connectivity index (χ4n) is 2.36. The van der Waals surface area contributed by atoms with Gasteiger partial charge in [0.25, 0.3) is 0 Å². The molecule has 6 nitrogen and oxygen atoms in total. The van der Waals surface area contributed by atoms with E-state index in [1.165, 1.54) is 29.4 Å². The number of carboxylic acid groups (broad SMARTS) is 1. The molecule has 1 aliphatic heterocycles. The highest BCUT2D eigenvalue weighted by Gasteiger charge is 2.29. The van der Waals surface area contributed by atoms with E-state index < -0.39 is 21.9 Å². The molecule has 0 saturated carbocycles. The number of carboxylic acids is 1. The van der Waals surface area contributed by atoms with Crippen LogP contribution in [0, 0.1) is 5.92 Å². The predicted octanol–water partition coefficient (Wildman–Crippen LogP) is 0.0398. The number of benzene rings is 1. The van der Waals surface area contributed by atoms with Gasteiger partial charge in [0.2, 0.25) is 10.0 Å². The summed E-state index contributed by atoms with van der Waals surface area (Å²) in [7, 11) is -3.70. The van der Waals surface area contributed by atoms with Crippen LogP contribution in [0.5, 0.6) is 0 Å². The molecule has 0 spiro atoms. The first-order valence-corrected chi connectivity index (χ1v) is 8.08. The van der Waals surface area contributed by atoms with Crippen molar-refractivity contribution < 1.29 is 23.1 Å². The Kier molecular flexibility index (Phi) is 4.43. The molecule has 114 valence electrons. The Morgan fingerprint density at radius 3 is 2.38 bits per heavy atom. The Labute approximate surface area is 123 Å². The zero-order chi connectivity index (χ0) is 15.6. The van der Waals surface area contributed by atoms with Gasteiger partial charge in [-0.3, -0.25) is 4.79 Å². The molecule has 1 saturated heterocycles. The lowest BCUT2D eigenvalue weighted by Crippen LogP contribution is -2.43. The molecule has 0 N–H and O–H groups in total. The van der Waals surface area contributed by atoms with Gasteiger partial charge in [0.15, 0.2) is 5.78 Å². The smallest absolute Gasteiger partial charge is 0.243 e. The molecular weight excluding hydrogens is 294 g/mol. The lowest BCUT2D eigenvalue weighted by atomic mass is 9.99. The first kappa shape index (κ1) is 15.7. The van der Waals surface area contributed by atoms with E-state index in [4.69, 9.17) is 0 Å². The second-order valence-corrected chi connectivity index (χ2v) is 7.02. The number of hydrogen-bond donors (Lipinski definition) is 0. The first-order chi connectivity index (χ1) is 9.82. The highest BCUT2D eigenvalue weighted by Crippen LogP contribution is 2.24. The maximum absolute atomic E-state index is 12.5. The van der Waals surface area contributed by atoms with E-state index in [0.717, 1.165) is 0 Å². The van der Waals surface area contributed by atoms with Crippen LogP contribution < -0.4 is 5.11 Å². The summed E-state index contributed by atoms with van der Waals surface area (Å²) in [6, 6.07) is 5.87. The summed E-state index contributed by atoms with van der Waals surface area (Å²) < 4.78 is 26.2. The normalized spacial score (nSPS) is 17.6. The van der Waals surface area contributed by atoms with Crippen LogP contribution in [0.3, 0.4) is 0 Å². The topological polar surface area (TPSA) is 94.6 Å². The molecule has 1 aromatic rings. The summed E-state index contributed by atoms with van der Waals surface area (Å²) in [6.07, 6.45) is 0.488. The van der Waals surface area contributed by atoms with Crippen molar-refractivity contribution in [2.24, 2.45) is 5.92 Å². The molecule has 0 amide bonds. The molecule has 0 aromatic heterocycles. The summed E-state index contributed by atoms with van der Waals surface area (Å²) in [4.78, 5) is 22.2. The fourth-order valence-corrected chi connectivity index (χ4v) is 3.87. The summed E-state index contributed by atoms with van der Waals surface area (Å²) in [5.41, 5.74) is 0.334. The number of piperidine rings is 1. The predicted molar refractivity (Wildman–Crippen MR) is 72.9 cm³/mol. The van der Waals surface area contributed by atoms with Crippen LogP contribution in [0.25, 0.3) is 0 Å². The molecule has 2 rings (SSSR count). The minimum Gasteiger partial charge on any atom is -0.550 e. The number of hydrogen-bond acceptors (Lipinski definition) is 5. The third-order valence-electron chi connectivity index (χ3n) is 3.67. The van der Waals surface area contributed by atoms with Crippen molar-refractivity contribution in [3.05, 3.63) is 29.8 Å². The van der Waals surface area contributed by atoms with Gasteiger partial charge >= 0.3 is 0 Å². The Balaban J connectivity index is 2.21. The number of carbonyl (C=O) groups is 2. The molecule has 0 radical (unpaired) electrons. The third kappa shape index (κ3) is 3.30. The number of sulfonamides is 1. The van der Waals surface area contributed by atoms with Crippen LogP contribution in [0.2, 0.25) is 0 Å². The second-order valence-electron chi connectivity index (χ2n) is 5.08. The van der Waals surface area contributed by atoms with Crippen molar-refractivity contribution >= 4 is 21.8 Å². The Bertz CT molecular complexity index is 660. The number of carbonyl (C=O) groups excluding carboxylic acids is 2. The van der Waals surface area contributed by atoms with Crippen molar-refractivity contribution in [3.63, 3.8) is 0 Å². The molecule has 1 aromatic carbocycles. The first-order valence-electron chi connectivity index (χ1n) is 6.64. The van der Waals surface area contributed by atoms with Gasteiger partial charge in [-0.2, -0.15) is 4.31 Å². The Morgan fingerprint density at radius 2 is 1.86 bits per heavy atom. The molecule has 1 fully saturated rings. The molecular formula is C14H16NO5S-. The van der Waals surface area contributed by atoms with Crippen molar-refractivity contribution in [2.75, 3.05) is 13.1 Å². The summed E-state index contributed by atoms with van der Waals surface area (Å²) in [6.45, 7) is 1.66. The van der Waals surface area contributed by atoms with Crippen molar-refractivity contribution in [2.45, 2.75) is 24.7 Å². The van der Waals surface area contributed by atoms with E-state index in [-0.39, 0.29) is 36.6 Å². The maximum Gasteiger partial charge on any atom is 0.243 e. The molecule has 7 heteroatoms. The van der Waals surface area contributed by atoms with Gasteiger partial charge in [-0.25, -0.2) is 8.42 Å². The molecule has 0 bridgehead atoms. The summed E-state index contributed by atoms with van der Waals surface area (Å²) in [5.74, 6) is -1.94. The third-order valence-corrected chi connectivity index (χ3v) is 5.56. The van der Waals surface area contributed by atoms with Gasteiger partial charge < -0.3 is 9.90 Å². The fraction of sp³-hybridized carbons (Fsp3) is 0.429.